The summed E-state index contributed by atoms with van der Waals surface area (Å²) in [6, 6.07) is -0.803. The first-order valence-electron chi connectivity index (χ1n) is 2.85. The molecule has 60 valence electrons. The smallest absolute Gasteiger partial charge is 0.320 e. The van der Waals surface area contributed by atoms with Gasteiger partial charge in [-0.2, -0.15) is 12.6 Å². The van der Waals surface area contributed by atoms with E-state index in [1.54, 1.807) is 0 Å². The second-order valence-electron chi connectivity index (χ2n) is 1.74. The zero-order valence-corrected chi connectivity index (χ0v) is 6.27. The van der Waals surface area contributed by atoms with Crippen molar-refractivity contribution in [2.75, 3.05) is 12.6 Å². The maximum Gasteiger partial charge on any atom is 0.320 e. The number of hydrogen-bond acceptors (Lipinski definition) is 3. The molecule has 0 aromatic rings. The molecule has 0 rings (SSSR count). The zero-order valence-electron chi connectivity index (χ0n) is 5.38. The molecule has 1 atom stereocenters. The van der Waals surface area contributed by atoms with E-state index in [1.807, 2.05) is 0 Å². The van der Waals surface area contributed by atoms with Crippen molar-refractivity contribution in [2.45, 2.75) is 12.5 Å². The van der Waals surface area contributed by atoms with Crippen molar-refractivity contribution in [2.24, 2.45) is 0 Å². The van der Waals surface area contributed by atoms with Gasteiger partial charge in [-0.05, 0) is 12.2 Å². The minimum atomic E-state index is -1.04. The summed E-state index contributed by atoms with van der Waals surface area (Å²) in [6.45, 7) is -0.815. The van der Waals surface area contributed by atoms with Gasteiger partial charge in [-0.25, -0.2) is 4.39 Å². The summed E-state index contributed by atoms with van der Waals surface area (Å²) < 4.78 is 11.5. The first-order chi connectivity index (χ1) is 4.72. The van der Waals surface area contributed by atoms with E-state index in [4.69, 9.17) is 5.11 Å². The summed E-state index contributed by atoms with van der Waals surface area (Å²) in [5, 5.41) is 10.5. The summed E-state index contributed by atoms with van der Waals surface area (Å²) in [6.07, 6.45) is 0.336. The van der Waals surface area contributed by atoms with Crippen molar-refractivity contribution in [3.05, 3.63) is 0 Å². The maximum atomic E-state index is 11.5. The monoisotopic (exact) mass is 167 g/mol. The van der Waals surface area contributed by atoms with Crippen LogP contribution in [-0.2, 0) is 4.79 Å². The molecule has 0 aromatic carbocycles. The molecule has 0 fully saturated rings. The molecule has 0 heterocycles. The molecule has 0 saturated heterocycles. The fourth-order valence-electron chi connectivity index (χ4n) is 0.535. The van der Waals surface area contributed by atoms with Crippen LogP contribution in [0.25, 0.3) is 0 Å². The Balaban J connectivity index is 3.61. The molecule has 0 bridgehead atoms. The number of thiol groups is 1. The van der Waals surface area contributed by atoms with Gasteiger partial charge < -0.3 is 5.11 Å². The minimum Gasteiger partial charge on any atom is -0.480 e. The maximum absolute atomic E-state index is 11.5. The summed E-state index contributed by atoms with van der Waals surface area (Å²) in [5.74, 6) is -0.601. The first-order valence-corrected chi connectivity index (χ1v) is 3.48. The molecular formula is C5H10FNO2S. The van der Waals surface area contributed by atoms with Crippen LogP contribution in [0.5, 0.6) is 0 Å². The molecule has 0 aliphatic rings. The van der Waals surface area contributed by atoms with Crippen LogP contribution in [0.3, 0.4) is 0 Å². The lowest BCUT2D eigenvalue weighted by molar-refractivity contribution is -0.139. The van der Waals surface area contributed by atoms with Crippen LogP contribution < -0.4 is 5.32 Å². The molecule has 5 heteroatoms. The van der Waals surface area contributed by atoms with Gasteiger partial charge in [0.2, 0.25) is 0 Å². The van der Waals surface area contributed by atoms with E-state index in [0.717, 1.165) is 0 Å². The van der Waals surface area contributed by atoms with Crippen LogP contribution in [-0.4, -0.2) is 29.7 Å². The number of nitrogens with one attached hydrogen (secondary N) is 1. The number of hydrogen-bond donors (Lipinski definition) is 3. The van der Waals surface area contributed by atoms with Gasteiger partial charge in [0.25, 0.3) is 0 Å². The van der Waals surface area contributed by atoms with Crippen LogP contribution in [0.1, 0.15) is 6.42 Å². The highest BCUT2D eigenvalue weighted by atomic mass is 32.1. The van der Waals surface area contributed by atoms with Crippen molar-refractivity contribution in [1.29, 1.82) is 0 Å². The van der Waals surface area contributed by atoms with E-state index in [0.29, 0.717) is 12.2 Å². The average Bonchev–Trinajstić information content (AvgIpc) is 1.87. The van der Waals surface area contributed by atoms with Gasteiger partial charge in [-0.3, -0.25) is 10.1 Å². The topological polar surface area (TPSA) is 49.3 Å². The Labute approximate surface area is 64.0 Å². The molecular weight excluding hydrogens is 157 g/mol. The van der Waals surface area contributed by atoms with Gasteiger partial charge in [0, 0.05) is 0 Å². The lowest BCUT2D eigenvalue weighted by Gasteiger charge is -2.08. The SMILES string of the molecule is O=C(O)C(CCS)NCF. The van der Waals surface area contributed by atoms with Crippen molar-refractivity contribution in [3.8, 4) is 0 Å². The van der Waals surface area contributed by atoms with Gasteiger partial charge in [0.1, 0.15) is 12.8 Å². The van der Waals surface area contributed by atoms with Crippen LogP contribution in [0.4, 0.5) is 4.39 Å². The van der Waals surface area contributed by atoms with E-state index in [2.05, 4.69) is 17.9 Å². The summed E-state index contributed by atoms with van der Waals surface area (Å²) in [7, 11) is 0. The highest BCUT2D eigenvalue weighted by Gasteiger charge is 2.14. The van der Waals surface area contributed by atoms with Crippen molar-refractivity contribution in [3.63, 3.8) is 0 Å². The molecule has 0 radical (unpaired) electrons. The summed E-state index contributed by atoms with van der Waals surface area (Å²) >= 11 is 3.82. The fraction of sp³-hybridized carbons (Fsp3) is 0.800. The highest BCUT2D eigenvalue weighted by molar-refractivity contribution is 7.80. The van der Waals surface area contributed by atoms with Gasteiger partial charge in [-0.1, -0.05) is 0 Å². The Morgan fingerprint density at radius 1 is 1.80 bits per heavy atom. The van der Waals surface area contributed by atoms with Crippen molar-refractivity contribution in [1.82, 2.24) is 5.32 Å². The standard InChI is InChI=1S/C5H10FNO2S/c6-3-7-4(1-2-10)5(8)9/h4,7,10H,1-3H2,(H,8,9). The number of halogens is 1. The van der Waals surface area contributed by atoms with Crippen LogP contribution in [0.15, 0.2) is 0 Å². The van der Waals surface area contributed by atoms with E-state index in [-0.39, 0.29) is 0 Å². The minimum absolute atomic E-state index is 0.336. The Bertz CT molecular complexity index is 106. The lowest BCUT2D eigenvalue weighted by atomic mass is 10.2. The molecule has 0 saturated carbocycles. The Morgan fingerprint density at radius 3 is 2.70 bits per heavy atom. The lowest BCUT2D eigenvalue weighted by Crippen LogP contribution is -2.36. The normalized spacial score (nSPS) is 13.0. The van der Waals surface area contributed by atoms with Crippen molar-refractivity contribution >= 4 is 18.6 Å². The third kappa shape index (κ3) is 3.68. The van der Waals surface area contributed by atoms with E-state index >= 15 is 0 Å². The van der Waals surface area contributed by atoms with Gasteiger partial charge >= 0.3 is 5.97 Å². The van der Waals surface area contributed by atoms with E-state index < -0.39 is 18.8 Å². The summed E-state index contributed by atoms with van der Waals surface area (Å²) in [5.41, 5.74) is 0. The quantitative estimate of drug-likeness (QED) is 0.407. The number of alkyl halides is 1. The molecule has 0 amide bonds. The Hall–Kier alpha value is -0.290. The van der Waals surface area contributed by atoms with Crippen LogP contribution in [0, 0.1) is 0 Å². The predicted molar refractivity (Wildman–Crippen MR) is 39.0 cm³/mol. The second-order valence-corrected chi connectivity index (χ2v) is 2.19. The number of carboxylic acid groups (broad SMARTS) is 1. The second kappa shape index (κ2) is 5.49. The number of carbonyl (C=O) groups is 1. The molecule has 0 aliphatic carbocycles. The van der Waals surface area contributed by atoms with Gasteiger partial charge in [-0.15, -0.1) is 0 Å². The van der Waals surface area contributed by atoms with Gasteiger partial charge in [0.15, 0.2) is 0 Å². The predicted octanol–water partition coefficient (Wildman–Crippen LogP) is 0.276. The van der Waals surface area contributed by atoms with Gasteiger partial charge in [0.05, 0.1) is 0 Å². The Kier molecular flexibility index (Phi) is 5.33. The van der Waals surface area contributed by atoms with Crippen LogP contribution in [0.2, 0.25) is 0 Å². The Morgan fingerprint density at radius 2 is 2.40 bits per heavy atom. The fourth-order valence-corrected chi connectivity index (χ4v) is 0.793. The average molecular weight is 167 g/mol. The van der Waals surface area contributed by atoms with E-state index in [9.17, 15) is 9.18 Å². The molecule has 2 N–H and O–H groups in total. The summed E-state index contributed by atoms with van der Waals surface area (Å²) in [4.78, 5) is 10.2. The zero-order chi connectivity index (χ0) is 7.98. The largest absolute Gasteiger partial charge is 0.480 e. The number of aliphatic carboxylic acids is 1. The number of carboxylic acids is 1. The molecule has 1 unspecified atom stereocenters. The van der Waals surface area contributed by atoms with E-state index in [1.165, 1.54) is 0 Å². The molecule has 3 nitrogen and oxygen atoms in total. The molecule has 10 heavy (non-hydrogen) atoms. The third-order valence-electron chi connectivity index (χ3n) is 1.04. The van der Waals surface area contributed by atoms with Crippen LogP contribution >= 0.6 is 12.6 Å². The number of rotatable bonds is 5. The molecule has 0 spiro atoms. The van der Waals surface area contributed by atoms with Crippen molar-refractivity contribution < 1.29 is 14.3 Å². The molecule has 0 aliphatic heterocycles. The first kappa shape index (κ1) is 9.71. The third-order valence-corrected chi connectivity index (χ3v) is 1.30. The highest BCUT2D eigenvalue weighted by Crippen LogP contribution is 1.93. The molecule has 0 aromatic heterocycles.